The molecule has 0 aromatic heterocycles. The Labute approximate surface area is 161 Å². The Kier molecular flexibility index (Phi) is 4.69. The van der Waals surface area contributed by atoms with Crippen molar-refractivity contribution in [1.29, 1.82) is 5.26 Å². The molecule has 134 valence electrons. The molecule has 2 heteroatoms. The number of fused-ring (bicyclic) bond motifs is 1. The Morgan fingerprint density at radius 2 is 1.67 bits per heavy atom. The number of nitriles is 1. The van der Waals surface area contributed by atoms with Crippen LogP contribution < -0.4 is 4.90 Å². The zero-order chi connectivity index (χ0) is 18.8. The van der Waals surface area contributed by atoms with Crippen molar-refractivity contribution in [2.45, 2.75) is 26.7 Å². The van der Waals surface area contributed by atoms with Crippen LogP contribution in [0.4, 0.5) is 5.69 Å². The third-order valence-corrected chi connectivity index (χ3v) is 5.73. The lowest BCUT2D eigenvalue weighted by molar-refractivity contribution is 0.949. The Morgan fingerprint density at radius 3 is 2.41 bits per heavy atom. The van der Waals surface area contributed by atoms with Gasteiger partial charge in [-0.1, -0.05) is 42.5 Å². The molecule has 0 amide bonds. The summed E-state index contributed by atoms with van der Waals surface area (Å²) in [7, 11) is 0. The lowest BCUT2D eigenvalue weighted by Gasteiger charge is -2.22. The molecule has 3 aromatic carbocycles. The van der Waals surface area contributed by atoms with Crippen LogP contribution in [-0.4, -0.2) is 13.1 Å². The van der Waals surface area contributed by atoms with Crippen molar-refractivity contribution in [3.05, 3.63) is 76.9 Å². The van der Waals surface area contributed by atoms with E-state index in [2.05, 4.69) is 61.2 Å². The zero-order valence-corrected chi connectivity index (χ0v) is 16.0. The topological polar surface area (TPSA) is 27.0 Å². The maximum atomic E-state index is 9.77. The third-order valence-electron chi connectivity index (χ3n) is 5.73. The van der Waals surface area contributed by atoms with Crippen LogP contribution in [0.15, 0.2) is 54.6 Å². The molecule has 3 aromatic rings. The van der Waals surface area contributed by atoms with Crippen molar-refractivity contribution in [2.24, 2.45) is 0 Å². The molecule has 0 N–H and O–H groups in total. The highest BCUT2D eigenvalue weighted by atomic mass is 15.1. The molecule has 0 unspecified atom stereocenters. The van der Waals surface area contributed by atoms with Crippen LogP contribution in [-0.2, 0) is 0 Å². The average Bonchev–Trinajstić information content (AvgIpc) is 3.23. The quantitative estimate of drug-likeness (QED) is 0.419. The van der Waals surface area contributed by atoms with Crippen molar-refractivity contribution in [1.82, 2.24) is 0 Å². The molecule has 1 aliphatic rings. The summed E-state index contributed by atoms with van der Waals surface area (Å²) in [6.45, 7) is 6.66. The second-order valence-corrected chi connectivity index (χ2v) is 7.35. The van der Waals surface area contributed by atoms with Gasteiger partial charge in [0.05, 0.1) is 11.6 Å². The van der Waals surface area contributed by atoms with Crippen LogP contribution in [0.5, 0.6) is 0 Å². The summed E-state index contributed by atoms with van der Waals surface area (Å²) in [5.41, 5.74) is 6.72. The summed E-state index contributed by atoms with van der Waals surface area (Å²) in [6.07, 6.45) is 4.58. The number of anilines is 1. The van der Waals surface area contributed by atoms with Gasteiger partial charge >= 0.3 is 0 Å². The fourth-order valence-electron chi connectivity index (χ4n) is 3.98. The van der Waals surface area contributed by atoms with E-state index in [1.807, 2.05) is 24.3 Å². The molecule has 0 spiro atoms. The van der Waals surface area contributed by atoms with E-state index in [9.17, 15) is 5.26 Å². The first-order valence-electron chi connectivity index (χ1n) is 9.63. The molecule has 4 rings (SSSR count). The van der Waals surface area contributed by atoms with Crippen molar-refractivity contribution < 1.29 is 0 Å². The molecule has 1 saturated heterocycles. The smallest absolute Gasteiger partial charge is 0.0998 e. The molecule has 1 heterocycles. The summed E-state index contributed by atoms with van der Waals surface area (Å²) < 4.78 is 0. The maximum Gasteiger partial charge on any atom is 0.0998 e. The monoisotopic (exact) mass is 352 g/mol. The van der Waals surface area contributed by atoms with Gasteiger partial charge in [-0.05, 0) is 77.9 Å². The van der Waals surface area contributed by atoms with Gasteiger partial charge in [-0.2, -0.15) is 5.26 Å². The highest BCUT2D eigenvalue weighted by Gasteiger charge is 2.16. The average molecular weight is 352 g/mol. The van der Waals surface area contributed by atoms with E-state index in [1.165, 1.54) is 35.0 Å². The number of nitrogens with zero attached hydrogens (tertiary/aromatic N) is 2. The van der Waals surface area contributed by atoms with Crippen LogP contribution in [0.2, 0.25) is 0 Å². The molecule has 27 heavy (non-hydrogen) atoms. The van der Waals surface area contributed by atoms with Gasteiger partial charge < -0.3 is 4.90 Å². The van der Waals surface area contributed by atoms with E-state index in [0.717, 1.165) is 29.6 Å². The van der Waals surface area contributed by atoms with Gasteiger partial charge in [-0.3, -0.25) is 0 Å². The predicted molar refractivity (Wildman–Crippen MR) is 115 cm³/mol. The number of hydrogen-bond donors (Lipinski definition) is 0. The van der Waals surface area contributed by atoms with Gasteiger partial charge in [0, 0.05) is 18.8 Å². The first kappa shape index (κ1) is 17.4. The number of rotatable bonds is 3. The molecule has 2 nitrogen and oxygen atoms in total. The molecular formula is C25H24N2. The largest absolute Gasteiger partial charge is 0.371 e. The summed E-state index contributed by atoms with van der Waals surface area (Å²) in [4.78, 5) is 2.48. The van der Waals surface area contributed by atoms with Crippen molar-refractivity contribution in [3.8, 4) is 6.07 Å². The molecule has 0 saturated carbocycles. The van der Waals surface area contributed by atoms with Crippen molar-refractivity contribution in [2.75, 3.05) is 18.0 Å². The molecule has 0 atom stereocenters. The first-order valence-corrected chi connectivity index (χ1v) is 9.63. The van der Waals surface area contributed by atoms with E-state index >= 15 is 0 Å². The van der Waals surface area contributed by atoms with Gasteiger partial charge in [0.2, 0.25) is 0 Å². The Morgan fingerprint density at radius 1 is 0.926 bits per heavy atom. The minimum absolute atomic E-state index is 0.706. The maximum absolute atomic E-state index is 9.77. The summed E-state index contributed by atoms with van der Waals surface area (Å²) in [5.74, 6) is 0. The summed E-state index contributed by atoms with van der Waals surface area (Å²) in [5, 5.41) is 12.1. The van der Waals surface area contributed by atoms with Crippen molar-refractivity contribution >= 4 is 28.1 Å². The van der Waals surface area contributed by atoms with E-state index < -0.39 is 0 Å². The van der Waals surface area contributed by atoms with Gasteiger partial charge in [0.25, 0.3) is 0 Å². The first-order chi connectivity index (χ1) is 13.2. The summed E-state index contributed by atoms with van der Waals surface area (Å²) in [6, 6.07) is 21.3. The molecule has 0 aliphatic carbocycles. The van der Waals surface area contributed by atoms with Gasteiger partial charge in [0.15, 0.2) is 0 Å². The highest BCUT2D eigenvalue weighted by Crippen LogP contribution is 2.30. The summed E-state index contributed by atoms with van der Waals surface area (Å²) >= 11 is 0. The normalized spacial score (nSPS) is 14.6. The van der Waals surface area contributed by atoms with Gasteiger partial charge in [-0.15, -0.1) is 0 Å². The molecule has 0 radical (unpaired) electrons. The van der Waals surface area contributed by atoms with Crippen molar-refractivity contribution in [3.63, 3.8) is 0 Å². The van der Waals surface area contributed by atoms with Crippen LogP contribution in [0, 0.1) is 25.2 Å². The molecule has 1 aliphatic heterocycles. The highest BCUT2D eigenvalue weighted by molar-refractivity contribution is 5.94. The minimum Gasteiger partial charge on any atom is -0.371 e. The Balaban J connectivity index is 1.73. The Bertz CT molecular complexity index is 1060. The van der Waals surface area contributed by atoms with E-state index in [4.69, 9.17) is 0 Å². The number of hydrogen-bond acceptors (Lipinski definition) is 2. The van der Waals surface area contributed by atoms with E-state index in [0.29, 0.717) is 5.57 Å². The van der Waals surface area contributed by atoms with Crippen LogP contribution in [0.3, 0.4) is 0 Å². The lowest BCUT2D eigenvalue weighted by atomic mass is 9.96. The Hall–Kier alpha value is -3.05. The zero-order valence-electron chi connectivity index (χ0n) is 16.0. The standard InChI is InChI=1S/C25H24N2/c1-18-19(2)25(27-13-5-6-14-27)12-11-21(18)15-24(17-26)23-10-9-20-7-3-4-8-22(20)16-23/h3-4,7-12,15-16H,5-6,13-14H2,1-2H3. The van der Waals surface area contributed by atoms with E-state index in [-0.39, 0.29) is 0 Å². The van der Waals surface area contributed by atoms with Gasteiger partial charge in [0.1, 0.15) is 0 Å². The molecule has 0 bridgehead atoms. The van der Waals surface area contributed by atoms with Crippen LogP contribution in [0.1, 0.15) is 35.1 Å². The predicted octanol–water partition coefficient (Wildman–Crippen LogP) is 6.12. The third kappa shape index (κ3) is 3.34. The van der Waals surface area contributed by atoms with E-state index in [1.54, 1.807) is 0 Å². The van der Waals surface area contributed by atoms with Gasteiger partial charge in [-0.25, -0.2) is 0 Å². The number of allylic oxidation sites excluding steroid dienone is 1. The second-order valence-electron chi connectivity index (χ2n) is 7.35. The fourth-order valence-corrected chi connectivity index (χ4v) is 3.98. The number of benzene rings is 3. The second kappa shape index (κ2) is 7.29. The minimum atomic E-state index is 0.706. The SMILES string of the molecule is Cc1c(C=C(C#N)c2ccc3ccccc3c2)ccc(N2CCCC2)c1C. The molecule has 1 fully saturated rings. The van der Waals surface area contributed by atoms with Crippen LogP contribution >= 0.6 is 0 Å². The molecular weight excluding hydrogens is 328 g/mol. The van der Waals surface area contributed by atoms with Crippen LogP contribution in [0.25, 0.3) is 22.4 Å². The fraction of sp³-hybridized carbons (Fsp3) is 0.240. The lowest BCUT2D eigenvalue weighted by Crippen LogP contribution is -2.19.